The summed E-state index contributed by atoms with van der Waals surface area (Å²) in [5.74, 6) is 0. The quantitative estimate of drug-likeness (QED) is 0.738. The highest BCUT2D eigenvalue weighted by atomic mass is 127. The lowest BCUT2D eigenvalue weighted by Crippen LogP contribution is -2.02. The van der Waals surface area contributed by atoms with Crippen LogP contribution in [0, 0.1) is 3.57 Å². The fourth-order valence-electron chi connectivity index (χ4n) is 1.71. The number of halogens is 3. The number of rotatable bonds is 3. The Bertz CT molecular complexity index is 540. The van der Waals surface area contributed by atoms with Crippen molar-refractivity contribution in [2.24, 2.45) is 0 Å². The number of hydrogen-bond acceptors (Lipinski definition) is 1. The van der Waals surface area contributed by atoms with Crippen LogP contribution in [0.1, 0.15) is 17.2 Å². The van der Waals surface area contributed by atoms with Gasteiger partial charge >= 0.3 is 0 Å². The Balaban J connectivity index is 2.18. The Morgan fingerprint density at radius 2 is 1.72 bits per heavy atom. The number of aliphatic hydroxyl groups is 1. The van der Waals surface area contributed by atoms with Crippen LogP contribution in [-0.2, 0) is 6.42 Å². The molecule has 0 aliphatic heterocycles. The average Bonchev–Trinajstić information content (AvgIpc) is 2.34. The lowest BCUT2D eigenvalue weighted by molar-refractivity contribution is 0.178. The van der Waals surface area contributed by atoms with Crippen molar-refractivity contribution in [2.45, 2.75) is 12.5 Å². The lowest BCUT2D eigenvalue weighted by atomic mass is 10.0. The van der Waals surface area contributed by atoms with Crippen molar-refractivity contribution in [3.05, 3.63) is 67.2 Å². The molecule has 0 aliphatic carbocycles. The van der Waals surface area contributed by atoms with Crippen molar-refractivity contribution in [3.63, 3.8) is 0 Å². The van der Waals surface area contributed by atoms with Crippen LogP contribution in [0.5, 0.6) is 0 Å². The molecule has 0 saturated heterocycles. The second-order valence-electron chi connectivity index (χ2n) is 4.01. The number of benzene rings is 2. The van der Waals surface area contributed by atoms with Crippen molar-refractivity contribution in [2.75, 3.05) is 0 Å². The molecule has 0 bridgehead atoms. The largest absolute Gasteiger partial charge is 0.388 e. The van der Waals surface area contributed by atoms with E-state index in [1.165, 1.54) is 0 Å². The predicted molar refractivity (Wildman–Crippen MR) is 84.3 cm³/mol. The van der Waals surface area contributed by atoms with E-state index >= 15 is 0 Å². The minimum absolute atomic E-state index is 0.458. The van der Waals surface area contributed by atoms with E-state index in [9.17, 15) is 5.11 Å². The van der Waals surface area contributed by atoms with E-state index in [2.05, 4.69) is 22.6 Å². The van der Waals surface area contributed by atoms with E-state index in [0.717, 1.165) is 14.7 Å². The van der Waals surface area contributed by atoms with Gasteiger partial charge in [0.15, 0.2) is 0 Å². The third-order valence-corrected chi connectivity index (χ3v) is 4.00. The maximum Gasteiger partial charge on any atom is 0.0830 e. The normalized spacial score (nSPS) is 12.4. The molecule has 0 saturated carbocycles. The van der Waals surface area contributed by atoms with E-state index < -0.39 is 6.10 Å². The molecule has 1 N–H and O–H groups in total. The summed E-state index contributed by atoms with van der Waals surface area (Å²) in [6, 6.07) is 13.1. The summed E-state index contributed by atoms with van der Waals surface area (Å²) in [6.45, 7) is 0. The van der Waals surface area contributed by atoms with Crippen LogP contribution >= 0.6 is 45.8 Å². The Labute approximate surface area is 130 Å². The van der Waals surface area contributed by atoms with Crippen molar-refractivity contribution in [1.82, 2.24) is 0 Å². The smallest absolute Gasteiger partial charge is 0.0830 e. The SMILES string of the molecule is OC(Cc1cc(Cl)ccc1Cl)c1ccc(I)cc1. The van der Waals surface area contributed by atoms with Gasteiger partial charge in [-0.1, -0.05) is 35.3 Å². The molecule has 2 rings (SSSR count). The van der Waals surface area contributed by atoms with Crippen LogP contribution in [0.2, 0.25) is 10.0 Å². The highest BCUT2D eigenvalue weighted by Crippen LogP contribution is 2.26. The zero-order valence-electron chi connectivity index (χ0n) is 9.41. The van der Waals surface area contributed by atoms with E-state index in [1.54, 1.807) is 18.2 Å². The summed E-state index contributed by atoms with van der Waals surface area (Å²) in [4.78, 5) is 0. The molecule has 0 aromatic heterocycles. The molecular weight excluding hydrogens is 382 g/mol. The fourth-order valence-corrected chi connectivity index (χ4v) is 2.46. The van der Waals surface area contributed by atoms with Crippen LogP contribution in [0.3, 0.4) is 0 Å². The average molecular weight is 393 g/mol. The van der Waals surface area contributed by atoms with Gasteiger partial charge in [-0.05, 0) is 64.0 Å². The second-order valence-corrected chi connectivity index (χ2v) is 6.10. The Hall–Kier alpha value is -0.290. The van der Waals surface area contributed by atoms with Gasteiger partial charge in [0.05, 0.1) is 6.10 Å². The van der Waals surface area contributed by atoms with Crippen LogP contribution in [0.25, 0.3) is 0 Å². The highest BCUT2D eigenvalue weighted by molar-refractivity contribution is 14.1. The molecule has 0 aliphatic rings. The van der Waals surface area contributed by atoms with E-state index in [0.29, 0.717) is 16.5 Å². The van der Waals surface area contributed by atoms with Gasteiger partial charge < -0.3 is 5.11 Å². The predicted octanol–water partition coefficient (Wildman–Crippen LogP) is 4.87. The third-order valence-electron chi connectivity index (χ3n) is 2.68. The topological polar surface area (TPSA) is 20.2 Å². The summed E-state index contributed by atoms with van der Waals surface area (Å²) >= 11 is 14.2. The molecule has 0 heterocycles. The summed E-state index contributed by atoms with van der Waals surface area (Å²) in [5.41, 5.74) is 1.74. The van der Waals surface area contributed by atoms with Gasteiger partial charge in [0.2, 0.25) is 0 Å². The lowest BCUT2D eigenvalue weighted by Gasteiger charge is -2.12. The first-order valence-electron chi connectivity index (χ1n) is 5.44. The van der Waals surface area contributed by atoms with Crippen LogP contribution < -0.4 is 0 Å². The minimum atomic E-state index is -0.571. The van der Waals surface area contributed by atoms with Crippen LogP contribution in [-0.4, -0.2) is 5.11 Å². The van der Waals surface area contributed by atoms with Gasteiger partial charge in [-0.25, -0.2) is 0 Å². The first-order chi connectivity index (χ1) is 8.56. The van der Waals surface area contributed by atoms with Crippen molar-refractivity contribution in [3.8, 4) is 0 Å². The summed E-state index contributed by atoms with van der Waals surface area (Å²) < 4.78 is 1.14. The molecule has 0 spiro atoms. The summed E-state index contributed by atoms with van der Waals surface area (Å²) in [6.07, 6.45) is -0.113. The van der Waals surface area contributed by atoms with Gasteiger partial charge in [0.1, 0.15) is 0 Å². The Kier molecular flexibility index (Phi) is 4.90. The molecule has 18 heavy (non-hydrogen) atoms. The van der Waals surface area contributed by atoms with E-state index in [1.807, 2.05) is 24.3 Å². The highest BCUT2D eigenvalue weighted by Gasteiger charge is 2.11. The monoisotopic (exact) mass is 392 g/mol. The molecule has 0 radical (unpaired) electrons. The molecule has 0 amide bonds. The van der Waals surface area contributed by atoms with Gasteiger partial charge in [-0.3, -0.25) is 0 Å². The molecule has 0 fully saturated rings. The number of aliphatic hydroxyl groups excluding tert-OH is 1. The van der Waals surface area contributed by atoms with Crippen LogP contribution in [0.15, 0.2) is 42.5 Å². The zero-order chi connectivity index (χ0) is 13.1. The Morgan fingerprint density at radius 3 is 2.39 bits per heavy atom. The zero-order valence-corrected chi connectivity index (χ0v) is 13.1. The molecule has 2 aromatic carbocycles. The van der Waals surface area contributed by atoms with Gasteiger partial charge in [-0.15, -0.1) is 0 Å². The Morgan fingerprint density at radius 1 is 1.06 bits per heavy atom. The summed E-state index contributed by atoms with van der Waals surface area (Å²) in [7, 11) is 0. The van der Waals surface area contributed by atoms with Crippen molar-refractivity contribution >= 4 is 45.8 Å². The van der Waals surface area contributed by atoms with Gasteiger partial charge in [0.25, 0.3) is 0 Å². The van der Waals surface area contributed by atoms with Crippen molar-refractivity contribution in [1.29, 1.82) is 0 Å². The molecule has 1 nitrogen and oxygen atoms in total. The first-order valence-corrected chi connectivity index (χ1v) is 7.27. The molecule has 2 aromatic rings. The maximum absolute atomic E-state index is 10.2. The van der Waals surface area contributed by atoms with E-state index in [-0.39, 0.29) is 0 Å². The fraction of sp³-hybridized carbons (Fsp3) is 0.143. The molecule has 1 unspecified atom stereocenters. The molecule has 4 heteroatoms. The van der Waals surface area contributed by atoms with Crippen LogP contribution in [0.4, 0.5) is 0 Å². The van der Waals surface area contributed by atoms with E-state index in [4.69, 9.17) is 23.2 Å². The number of hydrogen-bond donors (Lipinski definition) is 1. The standard InChI is InChI=1S/C14H11Cl2IO/c15-11-3-6-13(16)10(7-11)8-14(18)9-1-4-12(17)5-2-9/h1-7,14,18H,8H2. The van der Waals surface area contributed by atoms with Crippen molar-refractivity contribution < 1.29 is 5.11 Å². The van der Waals surface area contributed by atoms with Gasteiger partial charge in [-0.2, -0.15) is 0 Å². The molecule has 1 atom stereocenters. The first kappa shape index (κ1) is 14.1. The third kappa shape index (κ3) is 3.60. The summed E-state index contributed by atoms with van der Waals surface area (Å²) in [5, 5.41) is 11.4. The van der Waals surface area contributed by atoms with Gasteiger partial charge in [0, 0.05) is 20.0 Å². The molecule has 94 valence electrons. The second kappa shape index (κ2) is 6.24. The maximum atomic E-state index is 10.2. The minimum Gasteiger partial charge on any atom is -0.388 e. The molecular formula is C14H11Cl2IO.